The molecule has 1 aromatic rings. The molecule has 2 atom stereocenters. The Labute approximate surface area is 117 Å². The number of rotatable bonds is 2. The maximum Gasteiger partial charge on any atom is 0.244 e. The maximum atomic E-state index is 9.53. The van der Waals surface area contributed by atoms with E-state index in [-0.39, 0.29) is 12.0 Å². The number of nitrogens with zero attached hydrogens (tertiary/aromatic N) is 2. The van der Waals surface area contributed by atoms with Gasteiger partial charge in [-0.3, -0.25) is 5.10 Å². The summed E-state index contributed by atoms with van der Waals surface area (Å²) in [4.78, 5) is 0. The molecular weight excluding hydrogens is 256 g/mol. The summed E-state index contributed by atoms with van der Waals surface area (Å²) < 4.78 is 11.3. The number of nitrogens with one attached hydrogen (secondary N) is 1. The van der Waals surface area contributed by atoms with Crippen molar-refractivity contribution in [3.05, 3.63) is 22.7 Å². The zero-order valence-corrected chi connectivity index (χ0v) is 11.7. The zero-order valence-electron chi connectivity index (χ0n) is 11.7. The average molecular weight is 274 g/mol. The van der Waals surface area contributed by atoms with Gasteiger partial charge in [-0.05, 0) is 19.8 Å². The first kappa shape index (κ1) is 13.0. The van der Waals surface area contributed by atoms with Crippen LogP contribution in [0.2, 0.25) is 0 Å². The van der Waals surface area contributed by atoms with Gasteiger partial charge in [0.1, 0.15) is 11.6 Å². The third-order valence-corrected chi connectivity index (χ3v) is 4.32. The summed E-state index contributed by atoms with van der Waals surface area (Å²) in [6.45, 7) is 4.69. The Morgan fingerprint density at radius 2 is 2.40 bits per heavy atom. The highest BCUT2D eigenvalue weighted by Gasteiger charge is 2.54. The lowest BCUT2D eigenvalue weighted by Crippen LogP contribution is -2.41. The highest BCUT2D eigenvalue weighted by atomic mass is 16.5. The second-order valence-electron chi connectivity index (χ2n) is 5.32. The van der Waals surface area contributed by atoms with E-state index in [2.05, 4.69) is 23.2 Å². The minimum atomic E-state index is -0.524. The van der Waals surface area contributed by atoms with Crippen LogP contribution in [0.5, 0.6) is 5.88 Å². The third kappa shape index (κ3) is 1.50. The van der Waals surface area contributed by atoms with Crippen molar-refractivity contribution >= 4 is 0 Å². The Hall–Kier alpha value is -2.00. The first-order valence-corrected chi connectivity index (χ1v) is 6.92. The number of hydrogen-bond acceptors (Lipinski definition) is 5. The Morgan fingerprint density at radius 1 is 1.60 bits per heavy atom. The van der Waals surface area contributed by atoms with Gasteiger partial charge in [0.05, 0.1) is 17.1 Å². The molecule has 3 rings (SSSR count). The number of nitrogens with two attached hydrogens (primary N) is 1. The summed E-state index contributed by atoms with van der Waals surface area (Å²) in [7, 11) is 0. The molecule has 20 heavy (non-hydrogen) atoms. The van der Waals surface area contributed by atoms with Crippen molar-refractivity contribution in [2.24, 2.45) is 5.73 Å². The van der Waals surface area contributed by atoms with Gasteiger partial charge >= 0.3 is 0 Å². The Kier molecular flexibility index (Phi) is 2.94. The van der Waals surface area contributed by atoms with Crippen LogP contribution >= 0.6 is 0 Å². The van der Waals surface area contributed by atoms with Crippen molar-refractivity contribution in [3.63, 3.8) is 0 Å². The second-order valence-corrected chi connectivity index (χ2v) is 5.32. The van der Waals surface area contributed by atoms with Crippen LogP contribution in [0.3, 0.4) is 0 Å². The Bertz CT molecular complexity index is 613. The molecule has 2 aliphatic heterocycles. The van der Waals surface area contributed by atoms with Crippen molar-refractivity contribution < 1.29 is 9.47 Å². The van der Waals surface area contributed by atoms with Gasteiger partial charge in [0, 0.05) is 12.3 Å². The van der Waals surface area contributed by atoms with Crippen molar-refractivity contribution in [3.8, 4) is 11.9 Å². The highest BCUT2D eigenvalue weighted by Crippen LogP contribution is 2.51. The molecule has 1 saturated heterocycles. The van der Waals surface area contributed by atoms with E-state index in [0.717, 1.165) is 30.5 Å². The van der Waals surface area contributed by atoms with Gasteiger partial charge in [0.25, 0.3) is 0 Å². The summed E-state index contributed by atoms with van der Waals surface area (Å²) >= 11 is 0. The summed E-state index contributed by atoms with van der Waals surface area (Å²) in [5, 5.41) is 16.8. The summed E-state index contributed by atoms with van der Waals surface area (Å²) in [5.41, 5.74) is 7.84. The van der Waals surface area contributed by atoms with E-state index in [1.54, 1.807) is 0 Å². The lowest BCUT2D eigenvalue weighted by molar-refractivity contribution is 0.0996. The van der Waals surface area contributed by atoms with Crippen LogP contribution in [0.25, 0.3) is 0 Å². The van der Waals surface area contributed by atoms with Gasteiger partial charge in [0.2, 0.25) is 11.8 Å². The van der Waals surface area contributed by atoms with E-state index in [1.165, 1.54) is 0 Å². The molecule has 0 amide bonds. The number of nitriles is 1. The topological polar surface area (TPSA) is 97.0 Å². The lowest BCUT2D eigenvalue weighted by atomic mass is 9.68. The molecule has 3 heterocycles. The monoisotopic (exact) mass is 274 g/mol. The molecule has 0 radical (unpaired) electrons. The van der Waals surface area contributed by atoms with Crippen LogP contribution in [0, 0.1) is 11.3 Å². The van der Waals surface area contributed by atoms with E-state index in [1.807, 2.05) is 6.92 Å². The minimum absolute atomic E-state index is 0.119. The molecule has 0 bridgehead atoms. The van der Waals surface area contributed by atoms with E-state index in [4.69, 9.17) is 15.2 Å². The van der Waals surface area contributed by atoms with Gasteiger partial charge < -0.3 is 15.2 Å². The van der Waals surface area contributed by atoms with Crippen LogP contribution < -0.4 is 10.5 Å². The van der Waals surface area contributed by atoms with Gasteiger partial charge in [-0.15, -0.1) is 5.10 Å². The van der Waals surface area contributed by atoms with Crippen LogP contribution in [-0.2, 0) is 16.6 Å². The van der Waals surface area contributed by atoms with E-state index in [9.17, 15) is 5.26 Å². The summed E-state index contributed by atoms with van der Waals surface area (Å²) in [5.74, 6) is 0.634. The predicted octanol–water partition coefficient (Wildman–Crippen LogP) is 1.50. The molecule has 1 spiro atoms. The third-order valence-electron chi connectivity index (χ3n) is 4.32. The van der Waals surface area contributed by atoms with Gasteiger partial charge in [0.15, 0.2) is 0 Å². The summed E-state index contributed by atoms with van der Waals surface area (Å²) in [6.07, 6.45) is 2.45. The van der Waals surface area contributed by atoms with Gasteiger partial charge in [-0.25, -0.2) is 0 Å². The van der Waals surface area contributed by atoms with Gasteiger partial charge in [-0.1, -0.05) is 13.3 Å². The highest BCUT2D eigenvalue weighted by molar-refractivity contribution is 5.55. The Morgan fingerprint density at radius 3 is 3.00 bits per heavy atom. The SMILES string of the molecule is CCCc1[nH]nc2c1[C@@]1(CCOC1C)C(C#N)=C(N)O2. The minimum Gasteiger partial charge on any atom is -0.420 e. The molecule has 1 unspecified atom stereocenters. The van der Waals surface area contributed by atoms with E-state index in [0.29, 0.717) is 18.1 Å². The van der Waals surface area contributed by atoms with Crippen LogP contribution in [0.15, 0.2) is 11.5 Å². The number of H-pyrrole nitrogens is 1. The summed E-state index contributed by atoms with van der Waals surface area (Å²) in [6, 6.07) is 2.22. The van der Waals surface area contributed by atoms with E-state index >= 15 is 0 Å². The molecule has 1 fully saturated rings. The van der Waals surface area contributed by atoms with Crippen LogP contribution in [0.4, 0.5) is 0 Å². The molecule has 1 aromatic heterocycles. The number of ether oxygens (including phenoxy) is 2. The number of fused-ring (bicyclic) bond motifs is 2. The average Bonchev–Trinajstić information content (AvgIpc) is 2.97. The first-order valence-electron chi connectivity index (χ1n) is 6.92. The smallest absolute Gasteiger partial charge is 0.244 e. The van der Waals surface area contributed by atoms with Crippen LogP contribution in [-0.4, -0.2) is 22.9 Å². The standard InChI is InChI=1S/C14H18N4O2/c1-3-4-10-11-13(18-17-10)20-12(16)9(7-15)14(11)5-6-19-8(14)2/h8H,3-6,16H2,1-2H3,(H,17,18)/t8?,14-/m1/s1. The maximum absolute atomic E-state index is 9.53. The zero-order chi connectivity index (χ0) is 14.3. The largest absolute Gasteiger partial charge is 0.420 e. The lowest BCUT2D eigenvalue weighted by Gasteiger charge is -2.35. The molecule has 2 aliphatic rings. The molecule has 3 N–H and O–H groups in total. The molecular formula is C14H18N4O2. The van der Waals surface area contributed by atoms with Gasteiger partial charge in [-0.2, -0.15) is 5.26 Å². The number of aryl methyl sites for hydroxylation is 1. The Balaban J connectivity index is 2.24. The first-order chi connectivity index (χ1) is 9.65. The molecule has 6 nitrogen and oxygen atoms in total. The quantitative estimate of drug-likeness (QED) is 0.851. The fraction of sp³-hybridized carbons (Fsp3) is 0.571. The second kappa shape index (κ2) is 4.53. The van der Waals surface area contributed by atoms with Crippen molar-refractivity contribution in [2.45, 2.75) is 44.6 Å². The number of aromatic nitrogens is 2. The van der Waals surface area contributed by atoms with Crippen molar-refractivity contribution in [1.29, 1.82) is 5.26 Å². The molecule has 0 aromatic carbocycles. The van der Waals surface area contributed by atoms with Crippen molar-refractivity contribution in [1.82, 2.24) is 10.2 Å². The van der Waals surface area contributed by atoms with E-state index < -0.39 is 5.41 Å². The predicted molar refractivity (Wildman–Crippen MR) is 71.7 cm³/mol. The molecule has 6 heteroatoms. The molecule has 0 aliphatic carbocycles. The van der Waals surface area contributed by atoms with Crippen LogP contribution in [0.1, 0.15) is 37.9 Å². The van der Waals surface area contributed by atoms with Crippen molar-refractivity contribution in [2.75, 3.05) is 6.61 Å². The molecule has 0 saturated carbocycles. The fourth-order valence-corrected chi connectivity index (χ4v) is 3.38. The molecule has 106 valence electrons. The number of hydrogen-bond donors (Lipinski definition) is 2. The fourth-order valence-electron chi connectivity index (χ4n) is 3.38. The normalized spacial score (nSPS) is 28.4. The number of aromatic amines is 1.